The largest absolute Gasteiger partial charge is 0.350 e. The molecule has 2 aromatic carbocycles. The highest BCUT2D eigenvalue weighted by atomic mass is 19.1. The Morgan fingerprint density at radius 3 is 2.76 bits per heavy atom. The Balaban J connectivity index is 1.68. The zero-order valence-electron chi connectivity index (χ0n) is 13.7. The number of nitrogens with zero attached hydrogens (tertiary/aromatic N) is 2. The van der Waals surface area contributed by atoms with Crippen LogP contribution < -0.4 is 10.6 Å². The molecule has 0 spiro atoms. The van der Waals surface area contributed by atoms with Gasteiger partial charge in [-0.3, -0.25) is 4.79 Å². The van der Waals surface area contributed by atoms with Gasteiger partial charge in [0.1, 0.15) is 11.5 Å². The van der Waals surface area contributed by atoms with Crippen molar-refractivity contribution in [2.45, 2.75) is 13.5 Å². The fraction of sp³-hybridized carbons (Fsp3) is 0.105. The smallest absolute Gasteiger partial charge is 0.274 e. The number of carbonyl (C=O) groups excluding carboxylic acids is 1. The van der Waals surface area contributed by atoms with Gasteiger partial charge in [0.2, 0.25) is 5.95 Å². The minimum absolute atomic E-state index is 0.229. The predicted molar refractivity (Wildman–Crippen MR) is 94.9 cm³/mol. The van der Waals surface area contributed by atoms with Gasteiger partial charge in [-0.05, 0) is 36.8 Å². The molecule has 0 aliphatic rings. The summed E-state index contributed by atoms with van der Waals surface area (Å²) < 4.78 is 13.6. The molecule has 25 heavy (non-hydrogen) atoms. The van der Waals surface area contributed by atoms with Gasteiger partial charge >= 0.3 is 0 Å². The molecule has 0 atom stereocenters. The average Bonchev–Trinajstić information content (AvgIpc) is 2.61. The van der Waals surface area contributed by atoms with Crippen molar-refractivity contribution in [1.82, 2.24) is 9.97 Å². The summed E-state index contributed by atoms with van der Waals surface area (Å²) >= 11 is 0. The van der Waals surface area contributed by atoms with Crippen LogP contribution in [0.1, 0.15) is 21.6 Å². The maximum atomic E-state index is 13.6. The molecule has 5 nitrogen and oxygen atoms in total. The molecule has 6 heteroatoms. The van der Waals surface area contributed by atoms with Crippen molar-refractivity contribution in [3.63, 3.8) is 0 Å². The van der Waals surface area contributed by atoms with Crippen molar-refractivity contribution in [3.05, 3.63) is 83.4 Å². The molecular formula is C19H17FN4O. The highest BCUT2D eigenvalue weighted by Gasteiger charge is 2.10. The highest BCUT2D eigenvalue weighted by molar-refractivity contribution is 6.03. The summed E-state index contributed by atoms with van der Waals surface area (Å²) in [5.41, 5.74) is 2.48. The zero-order valence-corrected chi connectivity index (χ0v) is 13.7. The number of carbonyl (C=O) groups is 1. The second-order valence-corrected chi connectivity index (χ2v) is 5.53. The lowest BCUT2D eigenvalue weighted by atomic mass is 10.2. The van der Waals surface area contributed by atoms with E-state index in [0.29, 0.717) is 11.3 Å². The van der Waals surface area contributed by atoms with Crippen LogP contribution in [-0.2, 0) is 6.54 Å². The van der Waals surface area contributed by atoms with Crippen LogP contribution in [0.3, 0.4) is 0 Å². The number of nitrogens with one attached hydrogen (secondary N) is 2. The van der Waals surface area contributed by atoms with Crippen LogP contribution in [0, 0.1) is 12.7 Å². The van der Waals surface area contributed by atoms with Gasteiger partial charge in [-0.25, -0.2) is 14.4 Å². The second-order valence-electron chi connectivity index (χ2n) is 5.53. The first-order valence-electron chi connectivity index (χ1n) is 7.80. The van der Waals surface area contributed by atoms with E-state index in [1.165, 1.54) is 18.3 Å². The third-order valence-electron chi connectivity index (χ3n) is 3.56. The Morgan fingerprint density at radius 1 is 1.12 bits per heavy atom. The quantitative estimate of drug-likeness (QED) is 0.744. The first-order chi connectivity index (χ1) is 12.1. The third-order valence-corrected chi connectivity index (χ3v) is 3.56. The van der Waals surface area contributed by atoms with Crippen LogP contribution in [0.2, 0.25) is 0 Å². The Kier molecular flexibility index (Phi) is 4.99. The van der Waals surface area contributed by atoms with Crippen molar-refractivity contribution >= 4 is 17.5 Å². The number of rotatable bonds is 5. The maximum Gasteiger partial charge on any atom is 0.274 e. The molecule has 0 aliphatic carbocycles. The van der Waals surface area contributed by atoms with Crippen LogP contribution in [-0.4, -0.2) is 15.9 Å². The van der Waals surface area contributed by atoms with E-state index in [2.05, 4.69) is 20.6 Å². The summed E-state index contributed by atoms with van der Waals surface area (Å²) in [6.07, 6.45) is 1.49. The van der Waals surface area contributed by atoms with E-state index in [9.17, 15) is 9.18 Å². The molecule has 0 unspecified atom stereocenters. The molecule has 2 N–H and O–H groups in total. The Hall–Kier alpha value is -3.28. The van der Waals surface area contributed by atoms with Gasteiger partial charge in [0.25, 0.3) is 5.91 Å². The second kappa shape index (κ2) is 7.53. The van der Waals surface area contributed by atoms with E-state index in [1.807, 2.05) is 31.2 Å². The van der Waals surface area contributed by atoms with Crippen molar-refractivity contribution in [2.24, 2.45) is 0 Å². The van der Waals surface area contributed by atoms with Gasteiger partial charge in [-0.15, -0.1) is 0 Å². The first-order valence-corrected chi connectivity index (χ1v) is 7.80. The lowest BCUT2D eigenvalue weighted by Crippen LogP contribution is -2.15. The predicted octanol–water partition coefficient (Wildman–Crippen LogP) is 3.79. The standard InChI is InChI=1S/C19H17FN4O/c1-13-5-4-7-15(11-13)23-18(25)17-9-10-21-19(24-17)22-12-14-6-2-3-8-16(14)20/h2-11H,12H2,1H3,(H,23,25)(H,21,22,24). The number of anilines is 2. The Labute approximate surface area is 145 Å². The van der Waals surface area contributed by atoms with E-state index < -0.39 is 0 Å². The maximum absolute atomic E-state index is 13.6. The number of hydrogen-bond donors (Lipinski definition) is 2. The van der Waals surface area contributed by atoms with Crippen molar-refractivity contribution in [3.8, 4) is 0 Å². The monoisotopic (exact) mass is 336 g/mol. The molecule has 0 aliphatic heterocycles. The summed E-state index contributed by atoms with van der Waals surface area (Å²) in [7, 11) is 0. The van der Waals surface area contributed by atoms with Crippen LogP contribution in [0.25, 0.3) is 0 Å². The molecule has 3 aromatic rings. The molecule has 3 rings (SSSR count). The lowest BCUT2D eigenvalue weighted by molar-refractivity contribution is 0.102. The van der Waals surface area contributed by atoms with E-state index in [4.69, 9.17) is 0 Å². The van der Waals surface area contributed by atoms with Gasteiger partial charge < -0.3 is 10.6 Å². The van der Waals surface area contributed by atoms with Gasteiger partial charge in [0.05, 0.1) is 0 Å². The summed E-state index contributed by atoms with van der Waals surface area (Å²) in [4.78, 5) is 20.6. The summed E-state index contributed by atoms with van der Waals surface area (Å²) in [6, 6.07) is 15.5. The van der Waals surface area contributed by atoms with E-state index in [-0.39, 0.29) is 29.9 Å². The molecule has 1 amide bonds. The number of aryl methyl sites for hydroxylation is 1. The molecular weight excluding hydrogens is 319 g/mol. The van der Waals surface area contributed by atoms with E-state index in [1.54, 1.807) is 18.2 Å². The summed E-state index contributed by atoms with van der Waals surface area (Å²) in [5, 5.41) is 5.72. The van der Waals surface area contributed by atoms with Crippen molar-refractivity contribution in [2.75, 3.05) is 10.6 Å². The average molecular weight is 336 g/mol. The number of aromatic nitrogens is 2. The fourth-order valence-corrected chi connectivity index (χ4v) is 2.30. The van der Waals surface area contributed by atoms with Gasteiger partial charge in [0, 0.05) is 24.0 Å². The minimum atomic E-state index is -0.332. The number of amides is 1. The molecule has 0 radical (unpaired) electrons. The molecule has 0 bridgehead atoms. The molecule has 0 fully saturated rings. The van der Waals surface area contributed by atoms with Gasteiger partial charge in [0.15, 0.2) is 0 Å². The van der Waals surface area contributed by atoms with Gasteiger partial charge in [-0.2, -0.15) is 0 Å². The normalized spacial score (nSPS) is 10.3. The van der Waals surface area contributed by atoms with E-state index >= 15 is 0 Å². The molecule has 0 saturated carbocycles. The van der Waals surface area contributed by atoms with Crippen LogP contribution in [0.5, 0.6) is 0 Å². The number of halogens is 1. The first kappa shape index (κ1) is 16.6. The Morgan fingerprint density at radius 2 is 1.96 bits per heavy atom. The van der Waals surface area contributed by atoms with Crippen molar-refractivity contribution < 1.29 is 9.18 Å². The van der Waals surface area contributed by atoms with Crippen molar-refractivity contribution in [1.29, 1.82) is 0 Å². The number of benzene rings is 2. The molecule has 1 aromatic heterocycles. The fourth-order valence-electron chi connectivity index (χ4n) is 2.30. The van der Waals surface area contributed by atoms with Gasteiger partial charge in [-0.1, -0.05) is 30.3 Å². The summed E-state index contributed by atoms with van der Waals surface area (Å²) in [6.45, 7) is 2.18. The molecule has 126 valence electrons. The molecule has 1 heterocycles. The lowest BCUT2D eigenvalue weighted by Gasteiger charge is -2.08. The van der Waals surface area contributed by atoms with Crippen LogP contribution in [0.15, 0.2) is 60.8 Å². The zero-order chi connectivity index (χ0) is 17.6. The Bertz CT molecular complexity index is 898. The topological polar surface area (TPSA) is 66.9 Å². The summed E-state index contributed by atoms with van der Waals surface area (Å²) in [5.74, 6) is -0.370. The molecule has 0 saturated heterocycles. The van der Waals surface area contributed by atoms with Crippen LogP contribution >= 0.6 is 0 Å². The van der Waals surface area contributed by atoms with E-state index in [0.717, 1.165) is 5.56 Å². The highest BCUT2D eigenvalue weighted by Crippen LogP contribution is 2.12. The number of hydrogen-bond acceptors (Lipinski definition) is 4. The third kappa shape index (κ3) is 4.38. The minimum Gasteiger partial charge on any atom is -0.350 e. The SMILES string of the molecule is Cc1cccc(NC(=O)c2ccnc(NCc3ccccc3F)n2)c1. The van der Waals surface area contributed by atoms with Crippen LogP contribution in [0.4, 0.5) is 16.0 Å².